The van der Waals surface area contributed by atoms with Crippen molar-refractivity contribution < 1.29 is 14.4 Å². The number of H-pyrrole nitrogens is 1. The number of hydrogen-bond acceptors (Lipinski definition) is 5. The van der Waals surface area contributed by atoms with E-state index < -0.39 is 5.91 Å². The van der Waals surface area contributed by atoms with Gasteiger partial charge < -0.3 is 10.3 Å². The first-order valence-electron chi connectivity index (χ1n) is 7.22. The Hall–Kier alpha value is -2.87. The molecule has 122 valence electrons. The number of imidazole rings is 1. The minimum Gasteiger partial charge on any atom is -0.352 e. The van der Waals surface area contributed by atoms with Crippen molar-refractivity contribution in [3.8, 4) is 0 Å². The van der Waals surface area contributed by atoms with Gasteiger partial charge in [0, 0.05) is 30.4 Å². The molecule has 0 unspecified atom stereocenters. The van der Waals surface area contributed by atoms with Crippen LogP contribution in [-0.4, -0.2) is 33.6 Å². The normalized spacial score (nSPS) is 15.6. The molecular formula is C16H14N4O3S. The number of imide groups is 1. The Morgan fingerprint density at radius 3 is 2.67 bits per heavy atom. The number of thioether (sulfide) groups is 1. The van der Waals surface area contributed by atoms with Crippen molar-refractivity contribution in [3.05, 3.63) is 58.5 Å². The minimum absolute atomic E-state index is 0.170. The highest BCUT2D eigenvalue weighted by Gasteiger charge is 2.24. The van der Waals surface area contributed by atoms with Crippen LogP contribution in [0, 0.1) is 0 Å². The highest BCUT2D eigenvalue weighted by atomic mass is 32.2. The number of nitrogens with zero attached hydrogens (tertiary/aromatic N) is 1. The molecule has 0 saturated carbocycles. The zero-order valence-corrected chi connectivity index (χ0v) is 13.4. The fraction of sp³-hybridized carbons (Fsp3) is 0.125. The molecule has 7 nitrogen and oxygen atoms in total. The second-order valence-corrected chi connectivity index (χ2v) is 6.07. The molecule has 24 heavy (non-hydrogen) atoms. The van der Waals surface area contributed by atoms with Crippen molar-refractivity contribution >= 4 is 34.9 Å². The van der Waals surface area contributed by atoms with E-state index in [1.165, 1.54) is 0 Å². The third-order valence-electron chi connectivity index (χ3n) is 3.35. The average Bonchev–Trinajstić information content (AvgIpc) is 3.18. The van der Waals surface area contributed by atoms with Crippen LogP contribution in [0.5, 0.6) is 0 Å². The smallest absolute Gasteiger partial charge is 0.290 e. The monoisotopic (exact) mass is 342 g/mol. The molecule has 2 aromatic rings. The van der Waals surface area contributed by atoms with E-state index in [0.717, 1.165) is 23.0 Å². The van der Waals surface area contributed by atoms with Crippen LogP contribution in [0.4, 0.5) is 4.79 Å². The van der Waals surface area contributed by atoms with Crippen molar-refractivity contribution in [2.75, 3.05) is 6.54 Å². The quantitative estimate of drug-likeness (QED) is 0.718. The van der Waals surface area contributed by atoms with Gasteiger partial charge in [0.25, 0.3) is 17.1 Å². The lowest BCUT2D eigenvalue weighted by Crippen LogP contribution is -2.25. The molecule has 1 fully saturated rings. The zero-order valence-electron chi connectivity index (χ0n) is 12.5. The molecule has 3 rings (SSSR count). The Balaban J connectivity index is 1.57. The van der Waals surface area contributed by atoms with E-state index in [0.29, 0.717) is 23.4 Å². The molecule has 2 heterocycles. The van der Waals surface area contributed by atoms with Crippen LogP contribution >= 0.6 is 11.8 Å². The van der Waals surface area contributed by atoms with Gasteiger partial charge in [0.05, 0.1) is 11.2 Å². The predicted octanol–water partition coefficient (Wildman–Crippen LogP) is 1.71. The van der Waals surface area contributed by atoms with Crippen molar-refractivity contribution in [2.24, 2.45) is 0 Å². The molecule has 0 radical (unpaired) electrons. The molecule has 1 aliphatic rings. The van der Waals surface area contributed by atoms with E-state index in [1.807, 2.05) is 0 Å². The number of rotatable bonds is 5. The minimum atomic E-state index is -0.398. The lowest BCUT2D eigenvalue weighted by molar-refractivity contribution is -0.115. The van der Waals surface area contributed by atoms with Gasteiger partial charge in [0.1, 0.15) is 0 Å². The van der Waals surface area contributed by atoms with Gasteiger partial charge in [0.15, 0.2) is 0 Å². The second-order valence-electron chi connectivity index (χ2n) is 5.06. The summed E-state index contributed by atoms with van der Waals surface area (Å²) in [5.41, 5.74) is 2.23. The summed E-state index contributed by atoms with van der Waals surface area (Å²) < 4.78 is 0. The SMILES string of the molecule is O=C1NC(=O)C(=Cc2ccc(C(=O)NCCc3cnc[nH]3)cc2)S1. The van der Waals surface area contributed by atoms with E-state index >= 15 is 0 Å². The summed E-state index contributed by atoms with van der Waals surface area (Å²) in [6, 6.07) is 6.81. The van der Waals surface area contributed by atoms with Crippen LogP contribution in [0.3, 0.4) is 0 Å². The molecule has 3 N–H and O–H groups in total. The number of carbonyl (C=O) groups excluding carboxylic acids is 3. The molecule has 0 bridgehead atoms. The van der Waals surface area contributed by atoms with E-state index in [-0.39, 0.29) is 11.1 Å². The molecule has 8 heteroatoms. The predicted molar refractivity (Wildman–Crippen MR) is 90.2 cm³/mol. The molecule has 0 aliphatic carbocycles. The summed E-state index contributed by atoms with van der Waals surface area (Å²) >= 11 is 0.863. The van der Waals surface area contributed by atoms with Crippen molar-refractivity contribution in [3.63, 3.8) is 0 Å². The topological polar surface area (TPSA) is 104 Å². The van der Waals surface area contributed by atoms with E-state index in [1.54, 1.807) is 42.9 Å². The van der Waals surface area contributed by atoms with Crippen LogP contribution in [0.25, 0.3) is 6.08 Å². The van der Waals surface area contributed by atoms with Gasteiger partial charge in [-0.1, -0.05) is 12.1 Å². The lowest BCUT2D eigenvalue weighted by atomic mass is 10.1. The summed E-state index contributed by atoms with van der Waals surface area (Å²) in [5, 5.41) is 4.65. The maximum atomic E-state index is 12.1. The highest BCUT2D eigenvalue weighted by Crippen LogP contribution is 2.25. The molecule has 1 aromatic carbocycles. The van der Waals surface area contributed by atoms with Crippen LogP contribution in [0.15, 0.2) is 41.7 Å². The van der Waals surface area contributed by atoms with Crippen molar-refractivity contribution in [2.45, 2.75) is 6.42 Å². The van der Waals surface area contributed by atoms with E-state index in [4.69, 9.17) is 0 Å². The first kappa shape index (κ1) is 16.0. The molecule has 1 aliphatic heterocycles. The van der Waals surface area contributed by atoms with Crippen LogP contribution in [0.2, 0.25) is 0 Å². The van der Waals surface area contributed by atoms with Gasteiger partial charge in [0.2, 0.25) is 0 Å². The second kappa shape index (κ2) is 7.14. The van der Waals surface area contributed by atoms with Crippen molar-refractivity contribution in [1.82, 2.24) is 20.6 Å². The average molecular weight is 342 g/mol. The molecular weight excluding hydrogens is 328 g/mol. The van der Waals surface area contributed by atoms with Gasteiger partial charge >= 0.3 is 0 Å². The van der Waals surface area contributed by atoms with E-state index in [2.05, 4.69) is 20.6 Å². The first-order chi connectivity index (χ1) is 11.6. The summed E-state index contributed by atoms with van der Waals surface area (Å²) in [7, 11) is 0. The van der Waals surface area contributed by atoms with Gasteiger partial charge in [-0.3, -0.25) is 19.7 Å². The van der Waals surface area contributed by atoms with Crippen LogP contribution in [0.1, 0.15) is 21.6 Å². The zero-order chi connectivity index (χ0) is 16.9. The van der Waals surface area contributed by atoms with Crippen molar-refractivity contribution in [1.29, 1.82) is 0 Å². The Morgan fingerprint density at radius 2 is 2.04 bits per heavy atom. The number of aromatic amines is 1. The molecule has 1 saturated heterocycles. The number of benzene rings is 1. The Kier molecular flexibility index (Phi) is 4.76. The number of carbonyl (C=O) groups is 3. The molecule has 0 spiro atoms. The summed E-state index contributed by atoms with van der Waals surface area (Å²) in [4.78, 5) is 41.9. The molecule has 3 amide bonds. The highest BCUT2D eigenvalue weighted by molar-refractivity contribution is 8.18. The number of amides is 3. The summed E-state index contributed by atoms with van der Waals surface area (Å²) in [5.74, 6) is -0.567. The lowest BCUT2D eigenvalue weighted by Gasteiger charge is -2.05. The van der Waals surface area contributed by atoms with Gasteiger partial charge in [-0.05, 0) is 35.5 Å². The van der Waals surface area contributed by atoms with Gasteiger partial charge in [-0.15, -0.1) is 0 Å². The maximum Gasteiger partial charge on any atom is 0.290 e. The fourth-order valence-electron chi connectivity index (χ4n) is 2.14. The third-order valence-corrected chi connectivity index (χ3v) is 4.16. The van der Waals surface area contributed by atoms with Gasteiger partial charge in [-0.2, -0.15) is 0 Å². The first-order valence-corrected chi connectivity index (χ1v) is 8.04. The van der Waals surface area contributed by atoms with Gasteiger partial charge in [-0.25, -0.2) is 4.98 Å². The number of hydrogen-bond donors (Lipinski definition) is 3. The third kappa shape index (κ3) is 3.90. The molecule has 0 atom stereocenters. The number of nitrogens with one attached hydrogen (secondary N) is 3. The summed E-state index contributed by atoms with van der Waals surface area (Å²) in [6.07, 6.45) is 5.61. The Bertz CT molecular complexity index is 797. The Labute approximate surface area is 141 Å². The maximum absolute atomic E-state index is 12.1. The van der Waals surface area contributed by atoms with E-state index in [9.17, 15) is 14.4 Å². The Morgan fingerprint density at radius 1 is 1.25 bits per heavy atom. The largest absolute Gasteiger partial charge is 0.352 e. The van der Waals surface area contributed by atoms with Crippen LogP contribution < -0.4 is 10.6 Å². The summed E-state index contributed by atoms with van der Waals surface area (Å²) in [6.45, 7) is 0.506. The number of aromatic nitrogens is 2. The standard InChI is InChI=1S/C16H14N4O3S/c21-14(18-6-5-12-8-17-9-19-12)11-3-1-10(2-4-11)7-13-15(22)20-16(23)24-13/h1-4,7-9H,5-6H2,(H,17,19)(H,18,21)(H,20,22,23). The molecule has 1 aromatic heterocycles. The van der Waals surface area contributed by atoms with Crippen LogP contribution in [-0.2, 0) is 11.2 Å². The fourth-order valence-corrected chi connectivity index (χ4v) is 2.82.